The molecule has 6 heteroatoms. The van der Waals surface area contributed by atoms with Crippen LogP contribution in [0.1, 0.15) is 60.3 Å². The minimum atomic E-state index is -0.220. The van der Waals surface area contributed by atoms with Crippen molar-refractivity contribution >= 4 is 11.9 Å². The fourth-order valence-corrected chi connectivity index (χ4v) is 3.97. The zero-order valence-electron chi connectivity index (χ0n) is 16.8. The second-order valence-electron chi connectivity index (χ2n) is 8.42. The van der Waals surface area contributed by atoms with E-state index in [9.17, 15) is 4.79 Å². The zero-order valence-corrected chi connectivity index (χ0v) is 16.8. The van der Waals surface area contributed by atoms with Crippen LogP contribution in [0.4, 0.5) is 0 Å². The zero-order chi connectivity index (χ0) is 18.7. The molecule has 2 N–H and O–H groups in total. The lowest BCUT2D eigenvalue weighted by Gasteiger charge is -2.61. The molecule has 1 spiro atoms. The molecule has 2 rings (SSSR count). The monoisotopic (exact) mass is 352 g/mol. The number of likely N-dealkylation sites (N-methyl/N-ethyl adjacent to an activating group) is 1. The van der Waals surface area contributed by atoms with Crippen LogP contribution in [0, 0.1) is 5.41 Å². The molecule has 0 aromatic heterocycles. The van der Waals surface area contributed by atoms with Gasteiger partial charge < -0.3 is 20.3 Å². The number of nitrogens with one attached hydrogen (secondary N) is 2. The van der Waals surface area contributed by atoms with E-state index in [1.54, 1.807) is 0 Å². The van der Waals surface area contributed by atoms with Crippen LogP contribution in [0.2, 0.25) is 0 Å². The molecule has 0 aromatic carbocycles. The number of ether oxygens (including phenoxy) is 1. The Morgan fingerprint density at radius 1 is 1.32 bits per heavy atom. The van der Waals surface area contributed by atoms with E-state index in [-0.39, 0.29) is 16.9 Å². The largest absolute Gasteiger partial charge is 0.378 e. The number of nitrogens with zero attached hydrogens (tertiary/aromatic N) is 2. The van der Waals surface area contributed by atoms with Gasteiger partial charge in [0.2, 0.25) is 5.91 Å². The van der Waals surface area contributed by atoms with E-state index in [4.69, 9.17) is 4.74 Å². The molecule has 2 atom stereocenters. The standard InChI is InChI=1S/C19H36N4O2/c1-7-20-17(23(6)13-16(24)22-18(3,4)5)21-14-12-15(25-8-2)19(14)10-9-11-19/h14-15H,7-13H2,1-6H3,(H,20,21)(H,22,24). The molecule has 0 saturated heterocycles. The lowest BCUT2D eigenvalue weighted by Crippen LogP contribution is -2.68. The van der Waals surface area contributed by atoms with Crippen molar-refractivity contribution in [3.05, 3.63) is 0 Å². The van der Waals surface area contributed by atoms with E-state index in [1.807, 2.05) is 39.6 Å². The first-order chi connectivity index (χ1) is 11.7. The van der Waals surface area contributed by atoms with Crippen LogP contribution < -0.4 is 10.6 Å². The SMILES string of the molecule is CCN=C(NC1CC(OCC)C12CCC2)N(C)CC(=O)NC(C)(C)C. The molecule has 0 aromatic rings. The van der Waals surface area contributed by atoms with Gasteiger partial charge in [-0.2, -0.15) is 0 Å². The summed E-state index contributed by atoms with van der Waals surface area (Å²) in [6.45, 7) is 11.8. The quantitative estimate of drug-likeness (QED) is 0.568. The van der Waals surface area contributed by atoms with Crippen LogP contribution in [-0.2, 0) is 9.53 Å². The predicted molar refractivity (Wildman–Crippen MR) is 102 cm³/mol. The minimum Gasteiger partial charge on any atom is -0.378 e. The lowest BCUT2D eigenvalue weighted by molar-refractivity contribution is -0.168. The third-order valence-corrected chi connectivity index (χ3v) is 5.31. The maximum atomic E-state index is 12.2. The van der Waals surface area contributed by atoms with Gasteiger partial charge in [-0.25, -0.2) is 0 Å². The average Bonchev–Trinajstić information content (AvgIpc) is 2.40. The van der Waals surface area contributed by atoms with Crippen LogP contribution in [0.3, 0.4) is 0 Å². The third kappa shape index (κ3) is 4.66. The van der Waals surface area contributed by atoms with Gasteiger partial charge in [0.1, 0.15) is 0 Å². The van der Waals surface area contributed by atoms with E-state index < -0.39 is 0 Å². The van der Waals surface area contributed by atoms with Gasteiger partial charge in [-0.1, -0.05) is 6.42 Å². The van der Waals surface area contributed by atoms with Crippen molar-refractivity contribution in [2.24, 2.45) is 10.4 Å². The summed E-state index contributed by atoms with van der Waals surface area (Å²) < 4.78 is 5.93. The van der Waals surface area contributed by atoms with Crippen molar-refractivity contribution in [2.45, 2.75) is 78.0 Å². The number of hydrogen-bond donors (Lipinski definition) is 2. The van der Waals surface area contributed by atoms with E-state index >= 15 is 0 Å². The molecule has 0 aliphatic heterocycles. The highest BCUT2D eigenvalue weighted by atomic mass is 16.5. The van der Waals surface area contributed by atoms with Crippen LogP contribution >= 0.6 is 0 Å². The van der Waals surface area contributed by atoms with Gasteiger partial charge in [0, 0.05) is 37.2 Å². The Hall–Kier alpha value is -1.30. The Morgan fingerprint density at radius 2 is 2.00 bits per heavy atom. The van der Waals surface area contributed by atoms with Gasteiger partial charge >= 0.3 is 0 Å². The topological polar surface area (TPSA) is 66.0 Å². The summed E-state index contributed by atoms with van der Waals surface area (Å²) in [6, 6.07) is 0.399. The molecule has 2 fully saturated rings. The highest BCUT2D eigenvalue weighted by Crippen LogP contribution is 2.57. The normalized spacial score (nSPS) is 25.1. The molecular formula is C19H36N4O2. The Labute approximate surface area is 152 Å². The van der Waals surface area contributed by atoms with Gasteiger partial charge in [0.15, 0.2) is 5.96 Å². The van der Waals surface area contributed by atoms with Gasteiger partial charge in [-0.05, 0) is 53.9 Å². The number of carbonyl (C=O) groups is 1. The van der Waals surface area contributed by atoms with Gasteiger partial charge in [0.25, 0.3) is 0 Å². The van der Waals surface area contributed by atoms with E-state index in [0.717, 1.165) is 19.0 Å². The smallest absolute Gasteiger partial charge is 0.240 e. The van der Waals surface area contributed by atoms with Crippen molar-refractivity contribution in [1.82, 2.24) is 15.5 Å². The van der Waals surface area contributed by atoms with E-state index in [0.29, 0.717) is 25.2 Å². The highest BCUT2D eigenvalue weighted by Gasteiger charge is 2.59. The first-order valence-electron chi connectivity index (χ1n) is 9.66. The molecule has 6 nitrogen and oxygen atoms in total. The summed E-state index contributed by atoms with van der Waals surface area (Å²) in [5.41, 5.74) is 0.0567. The van der Waals surface area contributed by atoms with Crippen LogP contribution in [0.15, 0.2) is 4.99 Å². The van der Waals surface area contributed by atoms with Crippen molar-refractivity contribution in [3.8, 4) is 0 Å². The molecule has 2 aliphatic carbocycles. The van der Waals surface area contributed by atoms with Gasteiger partial charge in [-0.15, -0.1) is 0 Å². The first-order valence-corrected chi connectivity index (χ1v) is 9.66. The molecule has 0 radical (unpaired) electrons. The Bertz CT molecular complexity index is 494. The number of amides is 1. The van der Waals surface area contributed by atoms with Gasteiger partial charge in [0.05, 0.1) is 12.6 Å². The number of hydrogen-bond acceptors (Lipinski definition) is 3. The van der Waals surface area contributed by atoms with Crippen molar-refractivity contribution in [2.75, 3.05) is 26.7 Å². The van der Waals surface area contributed by atoms with Crippen molar-refractivity contribution in [3.63, 3.8) is 0 Å². The van der Waals surface area contributed by atoms with Crippen LogP contribution in [0.5, 0.6) is 0 Å². The van der Waals surface area contributed by atoms with Crippen molar-refractivity contribution < 1.29 is 9.53 Å². The fourth-order valence-electron chi connectivity index (χ4n) is 3.97. The lowest BCUT2D eigenvalue weighted by atomic mass is 9.51. The number of guanidine groups is 1. The molecule has 144 valence electrons. The second kappa shape index (κ2) is 7.94. The highest BCUT2D eigenvalue weighted by molar-refractivity contribution is 5.87. The molecule has 2 saturated carbocycles. The molecule has 0 heterocycles. The summed E-state index contributed by atoms with van der Waals surface area (Å²) in [7, 11) is 1.93. The van der Waals surface area contributed by atoms with Crippen LogP contribution in [0.25, 0.3) is 0 Å². The second-order valence-corrected chi connectivity index (χ2v) is 8.42. The average molecular weight is 353 g/mol. The first kappa shape index (κ1) is 20.0. The van der Waals surface area contributed by atoms with E-state index in [2.05, 4.69) is 22.5 Å². The number of aliphatic imine (C=N–C) groups is 1. The van der Waals surface area contributed by atoms with Gasteiger partial charge in [-0.3, -0.25) is 9.79 Å². The summed E-state index contributed by atoms with van der Waals surface area (Å²) in [6.07, 6.45) is 5.14. The molecular weight excluding hydrogens is 316 g/mol. The summed E-state index contributed by atoms with van der Waals surface area (Å²) >= 11 is 0. The summed E-state index contributed by atoms with van der Waals surface area (Å²) in [5, 5.41) is 6.63. The Balaban J connectivity index is 1.95. The van der Waals surface area contributed by atoms with Crippen molar-refractivity contribution in [1.29, 1.82) is 0 Å². The molecule has 1 amide bonds. The number of carbonyl (C=O) groups excluding carboxylic acids is 1. The maximum Gasteiger partial charge on any atom is 0.240 e. The molecule has 25 heavy (non-hydrogen) atoms. The maximum absolute atomic E-state index is 12.2. The summed E-state index contributed by atoms with van der Waals surface area (Å²) in [5.74, 6) is 0.831. The molecule has 2 unspecified atom stereocenters. The third-order valence-electron chi connectivity index (χ3n) is 5.31. The predicted octanol–water partition coefficient (Wildman–Crippen LogP) is 2.15. The molecule has 0 bridgehead atoms. The Kier molecular flexibility index (Phi) is 6.35. The number of rotatable bonds is 6. The molecule has 2 aliphatic rings. The fraction of sp³-hybridized carbons (Fsp3) is 0.895. The minimum absolute atomic E-state index is 0.0137. The Morgan fingerprint density at radius 3 is 2.48 bits per heavy atom. The van der Waals surface area contributed by atoms with Crippen LogP contribution in [-0.4, -0.2) is 61.2 Å². The summed E-state index contributed by atoms with van der Waals surface area (Å²) in [4.78, 5) is 18.7. The van der Waals surface area contributed by atoms with E-state index in [1.165, 1.54) is 19.3 Å².